The number of rotatable bonds is 3. The van der Waals surface area contributed by atoms with Gasteiger partial charge in [-0.05, 0) is 68.5 Å². The smallest absolute Gasteiger partial charge is 0.162 e. The summed E-state index contributed by atoms with van der Waals surface area (Å²) in [6.07, 6.45) is 9.82. The minimum absolute atomic E-state index is 0.238. The van der Waals surface area contributed by atoms with Crippen LogP contribution in [-0.4, -0.2) is 31.7 Å². The molecule has 0 N–H and O–H groups in total. The van der Waals surface area contributed by atoms with Crippen LogP contribution in [0.25, 0.3) is 38.8 Å². The van der Waals surface area contributed by atoms with Crippen molar-refractivity contribution in [3.63, 3.8) is 0 Å². The molecule has 0 saturated carbocycles. The first-order chi connectivity index (χ1) is 16.6. The Labute approximate surface area is 195 Å². The quantitative estimate of drug-likeness (QED) is 0.331. The molecule has 5 aromatic rings. The summed E-state index contributed by atoms with van der Waals surface area (Å²) in [6, 6.07) is 19.6. The monoisotopic (exact) mass is 434 g/mol. The third kappa shape index (κ3) is 3.44. The van der Waals surface area contributed by atoms with Crippen molar-refractivity contribution in [1.29, 1.82) is 0 Å². The lowest BCUT2D eigenvalue weighted by Crippen LogP contribution is -2.43. The molecule has 6 rings (SSSR count). The van der Waals surface area contributed by atoms with Gasteiger partial charge in [0.2, 0.25) is 0 Å². The molecule has 5 heteroatoms. The highest BCUT2D eigenvalue weighted by Gasteiger charge is 2.24. The van der Waals surface area contributed by atoms with Gasteiger partial charge in [-0.3, -0.25) is 4.98 Å². The summed E-state index contributed by atoms with van der Waals surface area (Å²) >= 11 is 0. The van der Waals surface area contributed by atoms with Gasteiger partial charge in [0.1, 0.15) is 0 Å². The van der Waals surface area contributed by atoms with Gasteiger partial charge in [0.05, 0.1) is 13.1 Å². The molecule has 0 spiro atoms. The predicted octanol–water partition coefficient (Wildman–Crippen LogP) is 6.38. The third-order valence-electron chi connectivity index (χ3n) is 6.93. The topological polar surface area (TPSA) is 46.3 Å². The van der Waals surface area contributed by atoms with Gasteiger partial charge < -0.3 is 4.90 Å². The maximum Gasteiger partial charge on any atom is 0.162 e. The van der Waals surface area contributed by atoms with E-state index in [4.69, 9.17) is 6.35 Å². The summed E-state index contributed by atoms with van der Waals surface area (Å²) < 4.78 is 9.95. The fourth-order valence-corrected chi connectivity index (χ4v) is 5.24. The number of aromatic nitrogens is 4. The van der Waals surface area contributed by atoms with Crippen LogP contribution in [0.2, 0.25) is 0 Å². The minimum atomic E-state index is 0.238. The van der Waals surface area contributed by atoms with E-state index in [1.807, 2.05) is 47.4 Å². The second-order valence-corrected chi connectivity index (χ2v) is 9.07. The van der Waals surface area contributed by atoms with Gasteiger partial charge in [-0.25, -0.2) is 9.50 Å². The van der Waals surface area contributed by atoms with E-state index >= 15 is 0 Å². The van der Waals surface area contributed by atoms with Gasteiger partial charge in [0.15, 0.2) is 5.65 Å². The van der Waals surface area contributed by atoms with Crippen LogP contribution in [0.1, 0.15) is 34.5 Å². The molecule has 1 saturated heterocycles. The van der Waals surface area contributed by atoms with Gasteiger partial charge in [0, 0.05) is 52.9 Å². The van der Waals surface area contributed by atoms with Gasteiger partial charge in [-0.15, -0.1) is 0 Å². The summed E-state index contributed by atoms with van der Waals surface area (Å²) in [5.74, 6) is 0. The molecule has 33 heavy (non-hydrogen) atoms. The van der Waals surface area contributed by atoms with E-state index in [-0.39, 0.29) is 6.17 Å². The van der Waals surface area contributed by atoms with Crippen LogP contribution in [-0.2, 0) is 0 Å². The number of hydrogen-bond acceptors (Lipinski definition) is 4. The molecule has 2 atom stereocenters. The van der Waals surface area contributed by atoms with E-state index in [1.54, 1.807) is 6.07 Å². The van der Waals surface area contributed by atoms with Gasteiger partial charge in [0.25, 0.3) is 0 Å². The number of anilines is 1. The fourth-order valence-electron chi connectivity index (χ4n) is 5.24. The van der Waals surface area contributed by atoms with Gasteiger partial charge >= 0.3 is 0 Å². The number of pyridine rings is 1. The molecule has 3 aromatic heterocycles. The first-order valence-corrected chi connectivity index (χ1v) is 11.7. The Bertz CT molecular complexity index is 1480. The molecule has 1 aliphatic rings. The van der Waals surface area contributed by atoms with Crippen LogP contribution < -0.4 is 4.90 Å². The molecular formula is C28H27N5. The molecule has 5 nitrogen and oxygen atoms in total. The highest BCUT2D eigenvalue weighted by molar-refractivity contribution is 5.97. The Kier molecular flexibility index (Phi) is 4.56. The van der Waals surface area contributed by atoms with Crippen LogP contribution in [0.15, 0.2) is 79.4 Å². The molecule has 4 heterocycles. The Hall–Kier alpha value is -3.73. The van der Waals surface area contributed by atoms with Gasteiger partial charge in [-0.2, -0.15) is 5.10 Å². The summed E-state index contributed by atoms with van der Waals surface area (Å²) in [6.45, 7) is 4.65. The molecule has 1 fully saturated rings. The maximum atomic E-state index is 8.13. The largest absolute Gasteiger partial charge is 0.366 e. The molecule has 0 aliphatic carbocycles. The highest BCUT2D eigenvalue weighted by Crippen LogP contribution is 2.32. The van der Waals surface area contributed by atoms with Crippen molar-refractivity contribution in [3.8, 4) is 22.3 Å². The van der Waals surface area contributed by atoms with Crippen molar-refractivity contribution in [2.24, 2.45) is 0 Å². The zero-order valence-electron chi connectivity index (χ0n) is 19.9. The van der Waals surface area contributed by atoms with E-state index in [1.165, 1.54) is 24.9 Å². The first kappa shape index (κ1) is 18.8. The van der Waals surface area contributed by atoms with E-state index in [0.717, 1.165) is 38.8 Å². The van der Waals surface area contributed by atoms with Gasteiger partial charge in [-0.1, -0.05) is 30.3 Å². The van der Waals surface area contributed by atoms with E-state index in [9.17, 15) is 0 Å². The van der Waals surface area contributed by atoms with Crippen molar-refractivity contribution in [2.45, 2.75) is 45.2 Å². The molecule has 0 bridgehead atoms. The molecular weight excluding hydrogens is 406 g/mol. The Morgan fingerprint density at radius 3 is 2.45 bits per heavy atom. The maximum absolute atomic E-state index is 8.13. The lowest BCUT2D eigenvalue weighted by atomic mass is 9.96. The SMILES string of the molecule is [2H]c1cc(-c2cnn3cc(-c4ccc(N5[C@H](C)CCC[C@@H]5C)cc4)cnc23)c2ccccc2n1. The van der Waals surface area contributed by atoms with Crippen LogP contribution >= 0.6 is 0 Å². The van der Waals surface area contributed by atoms with Crippen molar-refractivity contribution in [1.82, 2.24) is 19.6 Å². The number of benzene rings is 2. The first-order valence-electron chi connectivity index (χ1n) is 12.2. The molecule has 0 unspecified atom stereocenters. The van der Waals surface area contributed by atoms with Crippen LogP contribution in [0.3, 0.4) is 0 Å². The summed E-state index contributed by atoms with van der Waals surface area (Å²) in [4.78, 5) is 11.7. The normalized spacial score (nSPS) is 19.2. The van der Waals surface area contributed by atoms with Crippen molar-refractivity contribution >= 4 is 22.2 Å². The Morgan fingerprint density at radius 2 is 1.64 bits per heavy atom. The summed E-state index contributed by atoms with van der Waals surface area (Å²) in [7, 11) is 0. The summed E-state index contributed by atoms with van der Waals surface area (Å²) in [5.41, 5.74) is 6.84. The van der Waals surface area contributed by atoms with Crippen LogP contribution in [0, 0.1) is 0 Å². The molecule has 2 aromatic carbocycles. The minimum Gasteiger partial charge on any atom is -0.366 e. The second kappa shape index (κ2) is 8.00. The number of nitrogens with zero attached hydrogens (tertiary/aromatic N) is 5. The van der Waals surface area contributed by atoms with Crippen molar-refractivity contribution in [3.05, 3.63) is 79.4 Å². The number of fused-ring (bicyclic) bond motifs is 2. The standard InChI is InChI=1S/C28H27N5/c1-19-6-5-7-20(2)33(19)23-12-10-21(11-13-23)22-16-30-28-26(17-31-32(28)18-22)24-14-15-29-27-9-4-3-8-25(24)27/h3-4,8-20H,5-7H2,1-2H3/t19-,20+/i15D. The fraction of sp³-hybridized carbons (Fsp3) is 0.250. The number of para-hydroxylation sites is 1. The second-order valence-electron chi connectivity index (χ2n) is 9.07. The number of piperidine rings is 1. The van der Waals surface area contributed by atoms with Crippen molar-refractivity contribution < 1.29 is 1.37 Å². The third-order valence-corrected chi connectivity index (χ3v) is 6.93. The average Bonchev–Trinajstić information content (AvgIpc) is 3.27. The van der Waals surface area contributed by atoms with Crippen LogP contribution in [0.5, 0.6) is 0 Å². The predicted molar refractivity (Wildman–Crippen MR) is 134 cm³/mol. The molecule has 164 valence electrons. The van der Waals surface area contributed by atoms with E-state index < -0.39 is 0 Å². The zero-order chi connectivity index (χ0) is 23.2. The lowest BCUT2D eigenvalue weighted by Gasteiger charge is -2.41. The van der Waals surface area contributed by atoms with E-state index in [0.29, 0.717) is 12.1 Å². The zero-order valence-corrected chi connectivity index (χ0v) is 18.9. The molecule has 1 aliphatic heterocycles. The van der Waals surface area contributed by atoms with Crippen LogP contribution in [0.4, 0.5) is 5.69 Å². The van der Waals surface area contributed by atoms with E-state index in [2.05, 4.69) is 53.1 Å². The Balaban J connectivity index is 1.36. The number of hydrogen-bond donors (Lipinski definition) is 0. The average molecular weight is 435 g/mol. The highest BCUT2D eigenvalue weighted by atomic mass is 15.2. The summed E-state index contributed by atoms with van der Waals surface area (Å²) in [5, 5.41) is 5.59. The Morgan fingerprint density at radius 1 is 0.848 bits per heavy atom. The molecule has 0 radical (unpaired) electrons. The lowest BCUT2D eigenvalue weighted by molar-refractivity contribution is 0.414. The molecule has 0 amide bonds. The van der Waals surface area contributed by atoms with Crippen molar-refractivity contribution in [2.75, 3.05) is 4.90 Å².